The van der Waals surface area contributed by atoms with Crippen LogP contribution in [0.25, 0.3) is 11.4 Å². The molecule has 0 aliphatic carbocycles. The van der Waals surface area contributed by atoms with Crippen LogP contribution in [0.2, 0.25) is 0 Å². The first-order valence-electron chi connectivity index (χ1n) is 9.81. The topological polar surface area (TPSA) is 146 Å². The maximum Gasteiger partial charge on any atom is 0.417 e. The van der Waals surface area contributed by atoms with Gasteiger partial charge in [-0.2, -0.15) is 13.2 Å². The fraction of sp³-hybridized carbons (Fsp3) is 0.300. The molecule has 1 unspecified atom stereocenters. The lowest BCUT2D eigenvalue weighted by Crippen LogP contribution is -2.31. The minimum Gasteiger partial charge on any atom is -0.395 e. The Hall–Kier alpha value is -3.29. The highest BCUT2D eigenvalue weighted by molar-refractivity contribution is 7.11. The number of carbonyl (C=O) groups is 2. The first-order chi connectivity index (χ1) is 15.7. The number of nitrogens with zero attached hydrogens (tertiary/aromatic N) is 2. The molecule has 0 spiro atoms. The average molecular weight is 482 g/mol. The number of halogens is 3. The van der Waals surface area contributed by atoms with Crippen LogP contribution in [0.4, 0.5) is 13.2 Å². The lowest BCUT2D eigenvalue weighted by atomic mass is 10.1. The highest BCUT2D eigenvalue weighted by Crippen LogP contribution is 2.29. The van der Waals surface area contributed by atoms with E-state index < -0.39 is 29.6 Å². The van der Waals surface area contributed by atoms with Gasteiger partial charge >= 0.3 is 6.18 Å². The van der Waals surface area contributed by atoms with E-state index in [2.05, 4.69) is 25.6 Å². The van der Waals surface area contributed by atoms with E-state index in [1.807, 2.05) is 0 Å². The third-order valence-corrected chi connectivity index (χ3v) is 5.39. The van der Waals surface area contributed by atoms with Gasteiger partial charge in [0.2, 0.25) is 0 Å². The summed E-state index contributed by atoms with van der Waals surface area (Å²) in [6.07, 6.45) is -3.40. The summed E-state index contributed by atoms with van der Waals surface area (Å²) < 4.78 is 38.1. The fourth-order valence-corrected chi connectivity index (χ4v) is 3.68. The molecule has 1 atom stereocenters. The van der Waals surface area contributed by atoms with Gasteiger partial charge in [0.1, 0.15) is 5.69 Å². The van der Waals surface area contributed by atoms with Gasteiger partial charge in [0.25, 0.3) is 11.8 Å². The third-order valence-electron chi connectivity index (χ3n) is 4.53. The van der Waals surface area contributed by atoms with Crippen molar-refractivity contribution in [2.45, 2.75) is 18.6 Å². The van der Waals surface area contributed by atoms with Gasteiger partial charge in [0.05, 0.1) is 35.3 Å². The number of hydrogen-bond donors (Lipinski definition) is 5. The molecule has 33 heavy (non-hydrogen) atoms. The number of nitrogens with one attached hydrogen (secondary N) is 3. The van der Waals surface area contributed by atoms with Crippen LogP contribution in [0.15, 0.2) is 35.8 Å². The van der Waals surface area contributed by atoms with Crippen LogP contribution < -0.4 is 16.4 Å². The van der Waals surface area contributed by atoms with Crippen molar-refractivity contribution < 1.29 is 27.9 Å². The van der Waals surface area contributed by atoms with Crippen molar-refractivity contribution in [3.8, 4) is 11.4 Å². The normalized spacial score (nSPS) is 12.4. The maximum absolute atomic E-state index is 12.7. The SMILES string of the molecule is NCCC(NC(=O)c1ccc(-c2ccc(C(F)(F)F)cn2)[nH]1)c1csc(C(=O)NCCO)n1. The zero-order valence-electron chi connectivity index (χ0n) is 17.1. The smallest absolute Gasteiger partial charge is 0.395 e. The zero-order valence-corrected chi connectivity index (χ0v) is 18.0. The monoisotopic (exact) mass is 482 g/mol. The molecule has 3 heterocycles. The van der Waals surface area contributed by atoms with E-state index >= 15 is 0 Å². The summed E-state index contributed by atoms with van der Waals surface area (Å²) in [6, 6.07) is 4.59. The van der Waals surface area contributed by atoms with Gasteiger partial charge < -0.3 is 26.5 Å². The second-order valence-corrected chi connectivity index (χ2v) is 7.73. The predicted octanol–water partition coefficient (Wildman–Crippen LogP) is 2.09. The van der Waals surface area contributed by atoms with E-state index in [0.29, 0.717) is 17.8 Å². The number of hydrogen-bond acceptors (Lipinski definition) is 7. The molecule has 3 rings (SSSR count). The van der Waals surface area contributed by atoms with Crippen molar-refractivity contribution >= 4 is 23.2 Å². The van der Waals surface area contributed by atoms with Gasteiger partial charge in [-0.1, -0.05) is 0 Å². The van der Waals surface area contributed by atoms with E-state index in [0.717, 1.165) is 23.6 Å². The summed E-state index contributed by atoms with van der Waals surface area (Å²) >= 11 is 1.10. The van der Waals surface area contributed by atoms with Crippen molar-refractivity contribution in [1.29, 1.82) is 0 Å². The average Bonchev–Trinajstić information content (AvgIpc) is 3.47. The number of aliphatic hydroxyl groups excluding tert-OH is 1. The molecule has 0 fully saturated rings. The molecule has 2 amide bonds. The molecule has 0 saturated heterocycles. The maximum atomic E-state index is 12.7. The molecule has 0 bridgehead atoms. The molecule has 3 aromatic heterocycles. The number of nitrogens with two attached hydrogens (primary N) is 1. The molecule has 0 aliphatic rings. The predicted molar refractivity (Wildman–Crippen MR) is 114 cm³/mol. The molecule has 0 radical (unpaired) electrons. The van der Waals surface area contributed by atoms with Crippen LogP contribution >= 0.6 is 11.3 Å². The molecular weight excluding hydrogens is 461 g/mol. The van der Waals surface area contributed by atoms with E-state index in [1.54, 1.807) is 5.38 Å². The van der Waals surface area contributed by atoms with Gasteiger partial charge in [-0.15, -0.1) is 11.3 Å². The van der Waals surface area contributed by atoms with Gasteiger partial charge in [-0.25, -0.2) is 4.98 Å². The van der Waals surface area contributed by atoms with Gasteiger partial charge in [0.15, 0.2) is 5.01 Å². The number of rotatable bonds is 9. The second kappa shape index (κ2) is 10.6. The number of amides is 2. The second-order valence-electron chi connectivity index (χ2n) is 6.88. The minimum absolute atomic E-state index is 0.0969. The molecule has 0 aromatic carbocycles. The molecular formula is C20H21F3N6O3S. The number of aromatic nitrogens is 3. The van der Waals surface area contributed by atoms with Crippen LogP contribution in [-0.2, 0) is 6.18 Å². The fourth-order valence-electron chi connectivity index (χ4n) is 2.89. The van der Waals surface area contributed by atoms with Crippen molar-refractivity contribution in [3.05, 3.63) is 57.8 Å². The van der Waals surface area contributed by atoms with Crippen molar-refractivity contribution in [3.63, 3.8) is 0 Å². The van der Waals surface area contributed by atoms with E-state index in [4.69, 9.17) is 10.8 Å². The first-order valence-corrected chi connectivity index (χ1v) is 10.7. The lowest BCUT2D eigenvalue weighted by Gasteiger charge is -2.15. The third kappa shape index (κ3) is 6.15. The summed E-state index contributed by atoms with van der Waals surface area (Å²) in [7, 11) is 0. The molecule has 0 saturated carbocycles. The zero-order chi connectivity index (χ0) is 24.0. The van der Waals surface area contributed by atoms with Crippen molar-refractivity contribution in [2.24, 2.45) is 5.73 Å². The number of alkyl halides is 3. The summed E-state index contributed by atoms with van der Waals surface area (Å²) in [6.45, 7) is 0.148. The Balaban J connectivity index is 1.71. The van der Waals surface area contributed by atoms with E-state index in [1.165, 1.54) is 18.2 Å². The molecule has 0 aliphatic heterocycles. The summed E-state index contributed by atoms with van der Waals surface area (Å²) in [5.74, 6) is -0.915. The lowest BCUT2D eigenvalue weighted by molar-refractivity contribution is -0.137. The van der Waals surface area contributed by atoms with E-state index in [9.17, 15) is 22.8 Å². The van der Waals surface area contributed by atoms with Crippen LogP contribution in [0.3, 0.4) is 0 Å². The Morgan fingerprint density at radius 1 is 1.21 bits per heavy atom. The number of carbonyl (C=O) groups excluding carboxylic acids is 2. The van der Waals surface area contributed by atoms with E-state index in [-0.39, 0.29) is 36.1 Å². The number of aromatic amines is 1. The van der Waals surface area contributed by atoms with Gasteiger partial charge in [0, 0.05) is 18.1 Å². The number of H-pyrrole nitrogens is 1. The van der Waals surface area contributed by atoms with Crippen LogP contribution in [0, 0.1) is 0 Å². The highest BCUT2D eigenvalue weighted by Gasteiger charge is 2.30. The molecule has 3 aromatic rings. The van der Waals surface area contributed by atoms with Crippen LogP contribution in [0.1, 0.15) is 44.0 Å². The van der Waals surface area contributed by atoms with Crippen molar-refractivity contribution in [2.75, 3.05) is 19.7 Å². The molecule has 9 nitrogen and oxygen atoms in total. The van der Waals surface area contributed by atoms with Crippen LogP contribution in [0.5, 0.6) is 0 Å². The number of thiazole rings is 1. The summed E-state index contributed by atoms with van der Waals surface area (Å²) in [4.78, 5) is 35.6. The Kier molecular flexibility index (Phi) is 7.79. The summed E-state index contributed by atoms with van der Waals surface area (Å²) in [5.41, 5.74) is 6.05. The molecule has 13 heteroatoms. The largest absolute Gasteiger partial charge is 0.417 e. The van der Waals surface area contributed by atoms with Crippen LogP contribution in [-0.4, -0.2) is 51.6 Å². The molecule has 6 N–H and O–H groups in total. The standard InChI is InChI=1S/C20H21F3N6O3S/c21-20(22,23)11-1-2-12(26-9-11)13-3-4-15(27-13)17(31)28-14(5-6-24)16-10-33-19(29-16)18(32)25-7-8-30/h1-4,9-10,14,27,30H,5-8,24H2,(H,25,32)(H,28,31). The highest BCUT2D eigenvalue weighted by atomic mass is 32.1. The Morgan fingerprint density at radius 3 is 2.64 bits per heavy atom. The Labute approximate surface area is 190 Å². The molecule has 176 valence electrons. The van der Waals surface area contributed by atoms with Crippen molar-refractivity contribution in [1.82, 2.24) is 25.6 Å². The minimum atomic E-state index is -4.49. The number of pyridine rings is 1. The Morgan fingerprint density at radius 2 is 2.00 bits per heavy atom. The Bertz CT molecular complexity index is 1100. The van der Waals surface area contributed by atoms with Gasteiger partial charge in [-0.3, -0.25) is 14.6 Å². The summed E-state index contributed by atoms with van der Waals surface area (Å²) in [5, 5.41) is 15.9. The first kappa shape index (κ1) is 24.4. The van der Waals surface area contributed by atoms with Gasteiger partial charge in [-0.05, 0) is 37.2 Å². The quantitative estimate of drug-likeness (QED) is 0.316. The number of aliphatic hydroxyl groups is 1.